The molecule has 0 spiro atoms. The third kappa shape index (κ3) is 4.00. The summed E-state index contributed by atoms with van der Waals surface area (Å²) in [6.07, 6.45) is 2.07. The van der Waals surface area contributed by atoms with Gasteiger partial charge in [-0.25, -0.2) is 4.79 Å². The molecule has 0 saturated heterocycles. The largest absolute Gasteiger partial charge is 0.480 e. The smallest absolute Gasteiger partial charge is 0.411 e. The summed E-state index contributed by atoms with van der Waals surface area (Å²) in [5.41, 5.74) is 1.56. The molecule has 0 fully saturated rings. The minimum absolute atomic E-state index is 0.240. The first-order valence-corrected chi connectivity index (χ1v) is 7.57. The maximum atomic E-state index is 12.4. The predicted octanol–water partition coefficient (Wildman–Crippen LogP) is 3.39. The van der Waals surface area contributed by atoms with E-state index in [1.165, 1.54) is 10.5 Å². The third-order valence-corrected chi connectivity index (χ3v) is 3.65. The minimum atomic E-state index is -1.03. The van der Waals surface area contributed by atoms with Crippen molar-refractivity contribution in [2.75, 3.05) is 6.54 Å². The SMILES string of the molecule is CC(C)(C)OC(=O)N(CC(=O)O)C1CCCc2ccccc21. The van der Waals surface area contributed by atoms with E-state index >= 15 is 0 Å². The van der Waals surface area contributed by atoms with Gasteiger partial charge in [-0.2, -0.15) is 0 Å². The molecule has 0 heterocycles. The number of rotatable bonds is 3. The van der Waals surface area contributed by atoms with Gasteiger partial charge < -0.3 is 9.84 Å². The van der Waals surface area contributed by atoms with E-state index < -0.39 is 17.7 Å². The Morgan fingerprint density at radius 1 is 1.32 bits per heavy atom. The number of nitrogens with zero attached hydrogens (tertiary/aromatic N) is 1. The zero-order chi connectivity index (χ0) is 16.3. The van der Waals surface area contributed by atoms with Gasteiger partial charge in [0.1, 0.15) is 12.1 Å². The van der Waals surface area contributed by atoms with Gasteiger partial charge in [-0.1, -0.05) is 24.3 Å². The summed E-state index contributed by atoms with van der Waals surface area (Å²) in [5, 5.41) is 9.16. The van der Waals surface area contributed by atoms with Gasteiger partial charge in [0.2, 0.25) is 0 Å². The summed E-state index contributed by atoms with van der Waals surface area (Å²) in [4.78, 5) is 25.0. The summed E-state index contributed by atoms with van der Waals surface area (Å²) in [5.74, 6) is -1.03. The van der Waals surface area contributed by atoms with Crippen LogP contribution in [-0.4, -0.2) is 34.2 Å². The number of aryl methyl sites for hydroxylation is 1. The van der Waals surface area contributed by atoms with Crippen LogP contribution in [0.1, 0.15) is 50.8 Å². The monoisotopic (exact) mass is 305 g/mol. The fraction of sp³-hybridized carbons (Fsp3) is 0.529. The van der Waals surface area contributed by atoms with E-state index in [0.717, 1.165) is 24.8 Å². The molecule has 1 aromatic carbocycles. The molecule has 1 aliphatic carbocycles. The standard InChI is InChI=1S/C17H23NO4/c1-17(2,3)22-16(21)18(11-15(19)20)14-10-6-8-12-7-4-5-9-13(12)14/h4-5,7,9,14H,6,8,10-11H2,1-3H3,(H,19,20). The van der Waals surface area contributed by atoms with E-state index in [2.05, 4.69) is 0 Å². The highest BCUT2D eigenvalue weighted by atomic mass is 16.6. The second-order valence-electron chi connectivity index (χ2n) is 6.61. The molecule has 1 aliphatic rings. The number of carboxylic acid groups (broad SMARTS) is 1. The molecule has 0 bridgehead atoms. The Morgan fingerprint density at radius 3 is 2.64 bits per heavy atom. The number of hydrogen-bond donors (Lipinski definition) is 1. The van der Waals surface area contributed by atoms with Crippen molar-refractivity contribution < 1.29 is 19.4 Å². The lowest BCUT2D eigenvalue weighted by Gasteiger charge is -2.36. The van der Waals surface area contributed by atoms with Gasteiger partial charge in [0.05, 0.1) is 6.04 Å². The molecule has 1 amide bonds. The number of fused-ring (bicyclic) bond motifs is 1. The summed E-state index contributed by atoms with van der Waals surface area (Å²) >= 11 is 0. The Morgan fingerprint density at radius 2 is 2.00 bits per heavy atom. The first kappa shape index (κ1) is 16.3. The van der Waals surface area contributed by atoms with Crippen molar-refractivity contribution in [2.24, 2.45) is 0 Å². The van der Waals surface area contributed by atoms with Crippen LogP contribution in [0.25, 0.3) is 0 Å². The van der Waals surface area contributed by atoms with Crippen molar-refractivity contribution in [3.63, 3.8) is 0 Å². The maximum absolute atomic E-state index is 12.4. The molecule has 22 heavy (non-hydrogen) atoms. The van der Waals surface area contributed by atoms with Crippen molar-refractivity contribution in [2.45, 2.75) is 51.7 Å². The minimum Gasteiger partial charge on any atom is -0.480 e. The van der Waals surface area contributed by atoms with E-state index in [1.807, 2.05) is 24.3 Å². The van der Waals surface area contributed by atoms with E-state index in [4.69, 9.17) is 9.84 Å². The quantitative estimate of drug-likeness (QED) is 0.929. The molecule has 2 rings (SSSR count). The third-order valence-electron chi connectivity index (χ3n) is 3.65. The van der Waals surface area contributed by atoms with Crippen LogP contribution in [0.4, 0.5) is 4.79 Å². The number of hydrogen-bond acceptors (Lipinski definition) is 3. The highest BCUT2D eigenvalue weighted by Crippen LogP contribution is 2.34. The molecule has 0 radical (unpaired) electrons. The first-order chi connectivity index (χ1) is 10.3. The molecule has 1 N–H and O–H groups in total. The number of amides is 1. The number of carbonyl (C=O) groups excluding carboxylic acids is 1. The normalized spacial score (nSPS) is 17.5. The zero-order valence-electron chi connectivity index (χ0n) is 13.3. The van der Waals surface area contributed by atoms with Crippen LogP contribution in [0.2, 0.25) is 0 Å². The lowest BCUT2D eigenvalue weighted by molar-refractivity contribution is -0.139. The van der Waals surface area contributed by atoms with Crippen molar-refractivity contribution in [1.29, 1.82) is 0 Å². The summed E-state index contributed by atoms with van der Waals surface area (Å²) in [6.45, 7) is 4.98. The fourth-order valence-corrected chi connectivity index (χ4v) is 2.82. The number of carboxylic acids is 1. The van der Waals surface area contributed by atoms with Crippen LogP contribution in [0.3, 0.4) is 0 Å². The summed E-state index contributed by atoms with van der Waals surface area (Å²) in [7, 11) is 0. The molecule has 120 valence electrons. The van der Waals surface area contributed by atoms with Crippen LogP contribution in [0.15, 0.2) is 24.3 Å². The Hall–Kier alpha value is -2.04. The maximum Gasteiger partial charge on any atom is 0.411 e. The van der Waals surface area contributed by atoms with Gasteiger partial charge in [0.15, 0.2) is 0 Å². The Labute approximate surface area is 130 Å². The molecular formula is C17H23NO4. The van der Waals surface area contributed by atoms with Gasteiger partial charge in [0, 0.05) is 0 Å². The van der Waals surface area contributed by atoms with E-state index in [9.17, 15) is 9.59 Å². The van der Waals surface area contributed by atoms with Crippen LogP contribution >= 0.6 is 0 Å². The number of ether oxygens (including phenoxy) is 1. The van der Waals surface area contributed by atoms with E-state index in [1.54, 1.807) is 20.8 Å². The van der Waals surface area contributed by atoms with Gasteiger partial charge in [-0.15, -0.1) is 0 Å². The second-order valence-corrected chi connectivity index (χ2v) is 6.61. The van der Waals surface area contributed by atoms with Gasteiger partial charge >= 0.3 is 12.1 Å². The molecule has 0 saturated carbocycles. The molecule has 1 unspecified atom stereocenters. The fourth-order valence-electron chi connectivity index (χ4n) is 2.82. The molecule has 1 aromatic rings. The van der Waals surface area contributed by atoms with Gasteiger partial charge in [0.25, 0.3) is 0 Å². The zero-order valence-corrected chi connectivity index (χ0v) is 13.3. The van der Waals surface area contributed by atoms with Crippen molar-refractivity contribution >= 4 is 12.1 Å². The number of benzene rings is 1. The highest BCUT2D eigenvalue weighted by molar-refractivity contribution is 5.77. The predicted molar refractivity (Wildman–Crippen MR) is 82.7 cm³/mol. The molecule has 5 heteroatoms. The Kier molecular flexibility index (Phi) is 4.74. The van der Waals surface area contributed by atoms with Crippen LogP contribution in [0, 0.1) is 0 Å². The topological polar surface area (TPSA) is 66.8 Å². The first-order valence-electron chi connectivity index (χ1n) is 7.57. The van der Waals surface area contributed by atoms with Crippen molar-refractivity contribution in [3.05, 3.63) is 35.4 Å². The lowest BCUT2D eigenvalue weighted by atomic mass is 9.87. The van der Waals surface area contributed by atoms with E-state index in [0.29, 0.717) is 0 Å². The Balaban J connectivity index is 2.30. The molecule has 1 atom stereocenters. The Bertz CT molecular complexity index is 562. The number of carbonyl (C=O) groups is 2. The van der Waals surface area contributed by atoms with Crippen LogP contribution in [0.5, 0.6) is 0 Å². The second kappa shape index (κ2) is 6.38. The summed E-state index contributed by atoms with van der Waals surface area (Å²) in [6, 6.07) is 7.66. The summed E-state index contributed by atoms with van der Waals surface area (Å²) < 4.78 is 5.39. The molecular weight excluding hydrogens is 282 g/mol. The van der Waals surface area contributed by atoms with Crippen molar-refractivity contribution in [3.8, 4) is 0 Å². The van der Waals surface area contributed by atoms with Crippen molar-refractivity contribution in [1.82, 2.24) is 4.90 Å². The van der Waals surface area contributed by atoms with E-state index in [-0.39, 0.29) is 12.6 Å². The van der Waals surface area contributed by atoms with Gasteiger partial charge in [-0.3, -0.25) is 9.69 Å². The average molecular weight is 305 g/mol. The van der Waals surface area contributed by atoms with Gasteiger partial charge in [-0.05, 0) is 51.2 Å². The van der Waals surface area contributed by atoms with Crippen LogP contribution in [-0.2, 0) is 16.0 Å². The average Bonchev–Trinajstić information content (AvgIpc) is 2.42. The highest BCUT2D eigenvalue weighted by Gasteiger charge is 2.33. The lowest BCUT2D eigenvalue weighted by Crippen LogP contribution is -2.43. The molecule has 0 aliphatic heterocycles. The molecule has 0 aromatic heterocycles. The number of aliphatic carboxylic acids is 1. The molecule has 5 nitrogen and oxygen atoms in total. The van der Waals surface area contributed by atoms with Crippen LogP contribution < -0.4 is 0 Å².